The second-order valence-electron chi connectivity index (χ2n) is 2.90. The Balaban J connectivity index is 3.44. The van der Waals surface area contributed by atoms with Crippen molar-refractivity contribution in [2.75, 3.05) is 0 Å². The molecule has 1 rings (SSSR count). The molecule has 1 aromatic rings. The van der Waals surface area contributed by atoms with Gasteiger partial charge in [-0.1, -0.05) is 0 Å². The number of pyridine rings is 1. The summed E-state index contributed by atoms with van der Waals surface area (Å²) in [5.74, 6) is -1.56. The van der Waals surface area contributed by atoms with Crippen molar-refractivity contribution in [3.63, 3.8) is 0 Å². The first-order valence-electron chi connectivity index (χ1n) is 4.05. The minimum absolute atomic E-state index is 0.361. The molecule has 16 heavy (non-hydrogen) atoms. The Morgan fingerprint density at radius 2 is 1.94 bits per heavy atom. The maximum atomic E-state index is 12.3. The molecule has 0 spiro atoms. The van der Waals surface area contributed by atoms with Gasteiger partial charge in [-0.3, -0.25) is 0 Å². The Morgan fingerprint density at radius 3 is 2.31 bits per heavy atom. The molecule has 0 aliphatic rings. The zero-order valence-corrected chi connectivity index (χ0v) is 7.72. The molecule has 1 heterocycles. The van der Waals surface area contributed by atoms with E-state index in [1.54, 1.807) is 0 Å². The van der Waals surface area contributed by atoms with Gasteiger partial charge in [0.2, 0.25) is 0 Å². The second-order valence-corrected chi connectivity index (χ2v) is 2.90. The molecule has 8 heteroatoms. The number of nitrogens with zero attached hydrogens (tertiary/aromatic N) is 1. The van der Waals surface area contributed by atoms with Crippen molar-refractivity contribution >= 4 is 0 Å². The van der Waals surface area contributed by atoms with E-state index in [1.165, 1.54) is 0 Å². The fourth-order valence-corrected chi connectivity index (χ4v) is 1.09. The van der Waals surface area contributed by atoms with E-state index >= 15 is 0 Å². The van der Waals surface area contributed by atoms with Crippen LogP contribution >= 0.6 is 0 Å². The molecule has 0 aromatic carbocycles. The zero-order valence-electron chi connectivity index (χ0n) is 7.72. The lowest BCUT2D eigenvalue weighted by atomic mass is 10.1. The number of nitrogens with two attached hydrogens (primary N) is 1. The van der Waals surface area contributed by atoms with E-state index in [9.17, 15) is 22.0 Å². The fourth-order valence-electron chi connectivity index (χ4n) is 1.09. The Kier molecular flexibility index (Phi) is 3.32. The van der Waals surface area contributed by atoms with Gasteiger partial charge >= 0.3 is 6.18 Å². The molecule has 0 saturated heterocycles. The van der Waals surface area contributed by atoms with Crippen LogP contribution in [0.2, 0.25) is 0 Å². The van der Waals surface area contributed by atoms with Crippen LogP contribution in [0.15, 0.2) is 6.07 Å². The molecule has 1 aromatic heterocycles. The summed E-state index contributed by atoms with van der Waals surface area (Å²) < 4.78 is 61.6. The Labute approximate surface area is 86.7 Å². The lowest BCUT2D eigenvalue weighted by molar-refractivity contribution is -0.139. The third-order valence-electron chi connectivity index (χ3n) is 1.79. The minimum atomic E-state index is -4.93. The molecule has 3 N–H and O–H groups in total. The first-order chi connectivity index (χ1) is 7.27. The molecule has 0 aliphatic heterocycles. The minimum Gasteiger partial charge on any atom is -0.505 e. The van der Waals surface area contributed by atoms with Gasteiger partial charge in [-0.05, 0) is 6.07 Å². The highest BCUT2D eigenvalue weighted by atomic mass is 19.4. The summed E-state index contributed by atoms with van der Waals surface area (Å²) in [5.41, 5.74) is 1.80. The van der Waals surface area contributed by atoms with Gasteiger partial charge in [0.15, 0.2) is 5.75 Å². The topological polar surface area (TPSA) is 59.1 Å². The number of hydrogen-bond donors (Lipinski definition) is 2. The summed E-state index contributed by atoms with van der Waals surface area (Å²) in [6, 6.07) is 0.446. The van der Waals surface area contributed by atoms with Crippen molar-refractivity contribution in [1.29, 1.82) is 0 Å². The average Bonchev–Trinajstić information content (AvgIpc) is 2.15. The van der Waals surface area contributed by atoms with Crippen LogP contribution in [0.25, 0.3) is 0 Å². The van der Waals surface area contributed by atoms with Gasteiger partial charge in [-0.15, -0.1) is 0 Å². The number of aromatic nitrogens is 1. The van der Waals surface area contributed by atoms with Gasteiger partial charge in [0, 0.05) is 6.54 Å². The molecular weight excluding hydrogens is 235 g/mol. The molecule has 0 amide bonds. The highest BCUT2D eigenvalue weighted by molar-refractivity contribution is 5.40. The Bertz CT molecular complexity index is 391. The first kappa shape index (κ1) is 12.6. The molecular formula is C8H7F5N2O. The van der Waals surface area contributed by atoms with Gasteiger partial charge in [-0.2, -0.15) is 13.2 Å². The van der Waals surface area contributed by atoms with Crippen molar-refractivity contribution in [3.8, 4) is 5.75 Å². The van der Waals surface area contributed by atoms with Crippen LogP contribution < -0.4 is 5.73 Å². The van der Waals surface area contributed by atoms with Crippen LogP contribution in [0.5, 0.6) is 5.75 Å². The normalized spacial score (nSPS) is 12.2. The number of alkyl halides is 5. The smallest absolute Gasteiger partial charge is 0.420 e. The quantitative estimate of drug-likeness (QED) is 0.781. The monoisotopic (exact) mass is 242 g/mol. The zero-order chi connectivity index (χ0) is 12.5. The highest BCUT2D eigenvalue weighted by Crippen LogP contribution is 2.39. The lowest BCUT2D eigenvalue weighted by Gasteiger charge is -2.13. The van der Waals surface area contributed by atoms with Crippen LogP contribution in [0.3, 0.4) is 0 Å². The van der Waals surface area contributed by atoms with Gasteiger partial charge in [-0.25, -0.2) is 13.8 Å². The fraction of sp³-hybridized carbons (Fsp3) is 0.375. The number of halogens is 5. The van der Waals surface area contributed by atoms with Crippen molar-refractivity contribution in [3.05, 3.63) is 23.0 Å². The first-order valence-corrected chi connectivity index (χ1v) is 4.05. The predicted octanol–water partition coefficient (Wildman–Crippen LogP) is 2.20. The van der Waals surface area contributed by atoms with Gasteiger partial charge in [0.05, 0.1) is 5.69 Å². The van der Waals surface area contributed by atoms with E-state index in [0.29, 0.717) is 6.07 Å². The van der Waals surface area contributed by atoms with Gasteiger partial charge in [0.25, 0.3) is 6.43 Å². The van der Waals surface area contributed by atoms with E-state index in [2.05, 4.69) is 4.98 Å². The van der Waals surface area contributed by atoms with Crippen molar-refractivity contribution in [2.45, 2.75) is 19.1 Å². The lowest BCUT2D eigenvalue weighted by Crippen LogP contribution is -2.11. The van der Waals surface area contributed by atoms with Crippen LogP contribution in [0, 0.1) is 0 Å². The summed E-state index contributed by atoms with van der Waals surface area (Å²) in [7, 11) is 0. The van der Waals surface area contributed by atoms with Crippen molar-refractivity contribution < 1.29 is 27.1 Å². The average molecular weight is 242 g/mol. The Morgan fingerprint density at radius 1 is 1.38 bits per heavy atom. The molecule has 0 saturated carbocycles. The van der Waals surface area contributed by atoms with E-state index < -0.39 is 36.2 Å². The van der Waals surface area contributed by atoms with Crippen molar-refractivity contribution in [2.24, 2.45) is 5.73 Å². The third-order valence-corrected chi connectivity index (χ3v) is 1.79. The molecule has 0 radical (unpaired) electrons. The summed E-state index contributed by atoms with van der Waals surface area (Å²) >= 11 is 0. The van der Waals surface area contributed by atoms with E-state index in [0.717, 1.165) is 0 Å². The second kappa shape index (κ2) is 4.20. The van der Waals surface area contributed by atoms with Gasteiger partial charge < -0.3 is 10.8 Å². The van der Waals surface area contributed by atoms with Crippen LogP contribution in [-0.2, 0) is 12.7 Å². The number of rotatable bonds is 2. The summed E-state index contributed by atoms with van der Waals surface area (Å²) in [5, 5.41) is 9.01. The van der Waals surface area contributed by atoms with E-state index in [1.807, 2.05) is 0 Å². The number of aromatic hydroxyl groups is 1. The molecule has 3 nitrogen and oxygen atoms in total. The maximum absolute atomic E-state index is 12.3. The standard InChI is InChI=1S/C8H7F5N2O/c9-7(10)5-6(16)4(8(11,12)13)1-3(2-14)15-5/h1,7,16H,2,14H2. The Hall–Kier alpha value is -1.44. The summed E-state index contributed by atoms with van der Waals surface area (Å²) in [6.07, 6.45) is -8.23. The highest BCUT2D eigenvalue weighted by Gasteiger charge is 2.37. The molecule has 90 valence electrons. The SMILES string of the molecule is NCc1cc(C(F)(F)F)c(O)c(C(F)F)n1. The molecule has 0 bridgehead atoms. The predicted molar refractivity (Wildman–Crippen MR) is 43.8 cm³/mol. The third kappa shape index (κ3) is 2.38. The number of hydrogen-bond acceptors (Lipinski definition) is 3. The van der Waals surface area contributed by atoms with Crippen LogP contribution in [0.1, 0.15) is 23.4 Å². The van der Waals surface area contributed by atoms with Gasteiger partial charge in [0.1, 0.15) is 11.3 Å². The molecule has 0 aliphatic carbocycles. The summed E-state index contributed by atoms with van der Waals surface area (Å²) in [6.45, 7) is -0.428. The van der Waals surface area contributed by atoms with Crippen LogP contribution in [0.4, 0.5) is 22.0 Å². The summed E-state index contributed by atoms with van der Waals surface area (Å²) in [4.78, 5) is 3.14. The van der Waals surface area contributed by atoms with E-state index in [-0.39, 0.29) is 5.69 Å². The molecule has 0 unspecified atom stereocenters. The largest absolute Gasteiger partial charge is 0.505 e. The van der Waals surface area contributed by atoms with Crippen molar-refractivity contribution in [1.82, 2.24) is 4.98 Å². The molecule has 0 fully saturated rings. The maximum Gasteiger partial charge on any atom is 0.420 e. The molecule has 0 atom stereocenters. The van der Waals surface area contributed by atoms with Crippen LogP contribution in [-0.4, -0.2) is 10.1 Å². The van der Waals surface area contributed by atoms with E-state index in [4.69, 9.17) is 10.8 Å².